The average Bonchev–Trinajstić information content (AvgIpc) is 3.22. The number of carboxylic acids is 1. The second-order valence-corrected chi connectivity index (χ2v) is 4.70. The molecule has 0 radical (unpaired) electrons. The molecule has 0 spiro atoms. The monoisotopic (exact) mass is 278 g/mol. The van der Waals surface area contributed by atoms with Gasteiger partial charge in [-0.25, -0.2) is 4.79 Å². The van der Waals surface area contributed by atoms with Crippen molar-refractivity contribution in [3.63, 3.8) is 0 Å². The van der Waals surface area contributed by atoms with Gasteiger partial charge in [0, 0.05) is 12.6 Å². The molecule has 20 heavy (non-hydrogen) atoms. The largest absolute Gasteiger partial charge is 0.492 e. The average molecular weight is 278 g/mol. The third-order valence-electron chi connectivity index (χ3n) is 2.88. The van der Waals surface area contributed by atoms with Gasteiger partial charge in [-0.3, -0.25) is 4.79 Å². The Labute approximate surface area is 117 Å². The lowest BCUT2D eigenvalue weighted by Gasteiger charge is -2.08. The molecule has 3 N–H and O–H groups in total. The number of carbonyl (C=O) groups excluding carboxylic acids is 1. The number of nitrogens with one attached hydrogen (secondary N) is 2. The summed E-state index contributed by atoms with van der Waals surface area (Å²) in [5, 5.41) is 14.6. The Kier molecular flexibility index (Phi) is 4.95. The number of aromatic carboxylic acids is 1. The van der Waals surface area contributed by atoms with Gasteiger partial charge in [0.25, 0.3) is 0 Å². The Hall–Kier alpha value is -2.08. The Morgan fingerprint density at radius 3 is 2.55 bits per heavy atom. The van der Waals surface area contributed by atoms with Crippen molar-refractivity contribution < 1.29 is 19.4 Å². The first-order chi connectivity index (χ1) is 9.65. The van der Waals surface area contributed by atoms with Crippen molar-refractivity contribution in [3.05, 3.63) is 29.8 Å². The first kappa shape index (κ1) is 14.3. The Morgan fingerprint density at radius 2 is 1.95 bits per heavy atom. The molecule has 0 unspecified atom stereocenters. The Balaban J connectivity index is 1.58. The normalized spacial score (nSPS) is 13.8. The van der Waals surface area contributed by atoms with Crippen LogP contribution in [0.25, 0.3) is 0 Å². The zero-order chi connectivity index (χ0) is 14.4. The van der Waals surface area contributed by atoms with Crippen LogP contribution in [0.3, 0.4) is 0 Å². The van der Waals surface area contributed by atoms with Crippen molar-refractivity contribution in [2.24, 2.45) is 0 Å². The van der Waals surface area contributed by atoms with Crippen LogP contribution in [0.5, 0.6) is 5.75 Å². The summed E-state index contributed by atoms with van der Waals surface area (Å²) in [5.74, 6) is -0.336. The minimum absolute atomic E-state index is 0.0123. The van der Waals surface area contributed by atoms with Gasteiger partial charge in [-0.1, -0.05) is 0 Å². The molecule has 108 valence electrons. The zero-order valence-corrected chi connectivity index (χ0v) is 11.1. The van der Waals surface area contributed by atoms with Gasteiger partial charge in [0.1, 0.15) is 12.4 Å². The van der Waals surface area contributed by atoms with E-state index in [0.717, 1.165) is 12.8 Å². The van der Waals surface area contributed by atoms with Gasteiger partial charge in [0.2, 0.25) is 5.91 Å². The molecule has 0 bridgehead atoms. The summed E-state index contributed by atoms with van der Waals surface area (Å²) in [6, 6.07) is 6.60. The minimum Gasteiger partial charge on any atom is -0.492 e. The van der Waals surface area contributed by atoms with E-state index in [-0.39, 0.29) is 18.0 Å². The van der Waals surface area contributed by atoms with Crippen LogP contribution in [0.15, 0.2) is 24.3 Å². The fourth-order valence-electron chi connectivity index (χ4n) is 1.64. The number of hydrogen-bond donors (Lipinski definition) is 3. The summed E-state index contributed by atoms with van der Waals surface area (Å²) >= 11 is 0. The number of ether oxygens (including phenoxy) is 1. The highest BCUT2D eigenvalue weighted by Crippen LogP contribution is 2.18. The molecule has 1 aliphatic rings. The van der Waals surface area contributed by atoms with Gasteiger partial charge in [0.05, 0.1) is 12.1 Å². The number of rotatable bonds is 8. The number of carboxylic acid groups (broad SMARTS) is 1. The topological polar surface area (TPSA) is 87.7 Å². The standard InChI is InChI=1S/C14H18N2O4/c17-13(16-11-3-4-11)9-15-7-8-20-12-5-1-10(2-6-12)14(18)19/h1-2,5-6,11,15H,3-4,7-9H2,(H,16,17)(H,18,19). The third kappa shape index (κ3) is 4.89. The lowest BCUT2D eigenvalue weighted by molar-refractivity contribution is -0.120. The molecule has 1 saturated carbocycles. The Morgan fingerprint density at radius 1 is 1.25 bits per heavy atom. The van der Waals surface area contributed by atoms with E-state index in [9.17, 15) is 9.59 Å². The van der Waals surface area contributed by atoms with Crippen molar-refractivity contribution in [1.82, 2.24) is 10.6 Å². The second-order valence-electron chi connectivity index (χ2n) is 4.70. The quantitative estimate of drug-likeness (QED) is 0.607. The van der Waals surface area contributed by atoms with Crippen LogP contribution in [0.2, 0.25) is 0 Å². The van der Waals surface area contributed by atoms with Crippen LogP contribution in [-0.4, -0.2) is 42.7 Å². The third-order valence-corrected chi connectivity index (χ3v) is 2.88. The van der Waals surface area contributed by atoms with E-state index in [4.69, 9.17) is 9.84 Å². The van der Waals surface area contributed by atoms with Crippen molar-refractivity contribution in [2.75, 3.05) is 19.7 Å². The van der Waals surface area contributed by atoms with Crippen molar-refractivity contribution >= 4 is 11.9 Å². The van der Waals surface area contributed by atoms with E-state index in [1.807, 2.05) is 0 Å². The van der Waals surface area contributed by atoms with Gasteiger partial charge in [-0.05, 0) is 37.1 Å². The summed E-state index contributed by atoms with van der Waals surface area (Å²) in [4.78, 5) is 22.0. The highest BCUT2D eigenvalue weighted by Gasteiger charge is 2.22. The van der Waals surface area contributed by atoms with E-state index in [2.05, 4.69) is 10.6 Å². The second kappa shape index (κ2) is 6.91. The number of hydrogen-bond acceptors (Lipinski definition) is 4. The lowest BCUT2D eigenvalue weighted by atomic mass is 10.2. The molecule has 1 aromatic rings. The van der Waals surface area contributed by atoms with Crippen LogP contribution in [-0.2, 0) is 4.79 Å². The molecule has 0 aliphatic heterocycles. The molecule has 2 rings (SSSR count). The molecule has 1 aromatic carbocycles. The van der Waals surface area contributed by atoms with Crippen molar-refractivity contribution in [1.29, 1.82) is 0 Å². The van der Waals surface area contributed by atoms with Gasteiger partial charge in [-0.15, -0.1) is 0 Å². The molecule has 1 fully saturated rings. The lowest BCUT2D eigenvalue weighted by Crippen LogP contribution is -2.36. The van der Waals surface area contributed by atoms with Crippen LogP contribution < -0.4 is 15.4 Å². The predicted molar refractivity (Wildman–Crippen MR) is 72.9 cm³/mol. The van der Waals surface area contributed by atoms with E-state index in [0.29, 0.717) is 24.9 Å². The number of benzene rings is 1. The molecule has 1 aliphatic carbocycles. The SMILES string of the molecule is O=C(CNCCOc1ccc(C(=O)O)cc1)NC1CC1. The predicted octanol–water partition coefficient (Wildman–Crippen LogP) is 0.632. The summed E-state index contributed by atoms with van der Waals surface area (Å²) in [6.45, 7) is 1.26. The summed E-state index contributed by atoms with van der Waals surface area (Å²) in [7, 11) is 0. The molecule has 6 heteroatoms. The maximum absolute atomic E-state index is 11.4. The van der Waals surface area contributed by atoms with E-state index in [1.165, 1.54) is 12.1 Å². The van der Waals surface area contributed by atoms with Gasteiger partial charge in [0.15, 0.2) is 0 Å². The molecule has 0 aromatic heterocycles. The summed E-state index contributed by atoms with van der Waals surface area (Å²) in [5.41, 5.74) is 0.229. The van der Waals surface area contributed by atoms with Gasteiger partial charge < -0.3 is 20.5 Å². The first-order valence-electron chi connectivity index (χ1n) is 6.61. The molecular weight excluding hydrogens is 260 g/mol. The number of carbonyl (C=O) groups is 2. The molecule has 6 nitrogen and oxygen atoms in total. The fraction of sp³-hybridized carbons (Fsp3) is 0.429. The molecule has 0 heterocycles. The fourth-order valence-corrected chi connectivity index (χ4v) is 1.64. The Bertz CT molecular complexity index is 469. The minimum atomic E-state index is -0.958. The van der Waals surface area contributed by atoms with E-state index in [1.54, 1.807) is 12.1 Å². The highest BCUT2D eigenvalue weighted by atomic mass is 16.5. The van der Waals surface area contributed by atoms with Crippen LogP contribution in [0.1, 0.15) is 23.2 Å². The molecule has 0 atom stereocenters. The number of amides is 1. The summed E-state index contributed by atoms with van der Waals surface area (Å²) < 4.78 is 5.43. The zero-order valence-electron chi connectivity index (χ0n) is 11.1. The van der Waals surface area contributed by atoms with Crippen LogP contribution >= 0.6 is 0 Å². The van der Waals surface area contributed by atoms with Crippen LogP contribution in [0, 0.1) is 0 Å². The van der Waals surface area contributed by atoms with E-state index < -0.39 is 5.97 Å². The maximum atomic E-state index is 11.4. The molecular formula is C14H18N2O4. The van der Waals surface area contributed by atoms with Crippen molar-refractivity contribution in [2.45, 2.75) is 18.9 Å². The highest BCUT2D eigenvalue weighted by molar-refractivity contribution is 5.87. The van der Waals surface area contributed by atoms with Gasteiger partial charge in [-0.2, -0.15) is 0 Å². The molecule has 1 amide bonds. The van der Waals surface area contributed by atoms with Crippen molar-refractivity contribution in [3.8, 4) is 5.75 Å². The summed E-state index contributed by atoms with van der Waals surface area (Å²) in [6.07, 6.45) is 2.17. The maximum Gasteiger partial charge on any atom is 0.335 e. The molecule has 0 saturated heterocycles. The van der Waals surface area contributed by atoms with E-state index >= 15 is 0 Å². The van der Waals surface area contributed by atoms with Gasteiger partial charge >= 0.3 is 5.97 Å². The van der Waals surface area contributed by atoms with Crippen LogP contribution in [0.4, 0.5) is 0 Å². The smallest absolute Gasteiger partial charge is 0.335 e. The first-order valence-corrected chi connectivity index (χ1v) is 6.61.